The van der Waals surface area contributed by atoms with Crippen molar-refractivity contribution in [3.63, 3.8) is 0 Å². The molecule has 0 bridgehead atoms. The Bertz CT molecular complexity index is 968. The molecule has 2 aromatic rings. The van der Waals surface area contributed by atoms with Crippen LogP contribution in [0.25, 0.3) is 0 Å². The smallest absolute Gasteiger partial charge is 0.506 e. The Morgan fingerprint density at radius 1 is 1.31 bits per heavy atom. The number of ether oxygens (including phenoxy) is 2. The minimum Gasteiger partial charge on any atom is -0.506 e. The molecule has 2 N–H and O–H groups in total. The third-order valence-corrected chi connectivity index (χ3v) is 4.45. The Kier molecular flexibility index (Phi) is 5.83. The first-order valence-corrected chi connectivity index (χ1v) is 8.89. The van der Waals surface area contributed by atoms with Crippen molar-refractivity contribution >= 4 is 5.91 Å². The molecule has 0 saturated carbocycles. The standard InChI is InChI=1S/C19H19F3N2O5/c1-2-23-17(26)15-16(25)13-10-28-8-7-14(13)24(18(15)27)9-11-3-5-12(6-4-11)29-19(20,21)22/h3-6,25H,2,7-10H2,1H3,(H,23,26). The molecule has 0 unspecified atom stereocenters. The van der Waals surface area contributed by atoms with Gasteiger partial charge in [-0.2, -0.15) is 0 Å². The topological polar surface area (TPSA) is 89.8 Å². The predicted molar refractivity (Wildman–Crippen MR) is 96.0 cm³/mol. The van der Waals surface area contributed by atoms with Crippen molar-refractivity contribution in [2.75, 3.05) is 13.2 Å². The molecule has 0 fully saturated rings. The number of pyridine rings is 1. The van der Waals surface area contributed by atoms with Crippen LogP contribution in [-0.4, -0.2) is 35.1 Å². The maximum Gasteiger partial charge on any atom is 0.573 e. The molecule has 0 atom stereocenters. The fourth-order valence-electron chi connectivity index (χ4n) is 3.19. The van der Waals surface area contributed by atoms with Gasteiger partial charge in [0.15, 0.2) is 0 Å². The minimum absolute atomic E-state index is 0.0140. The molecule has 10 heteroatoms. The number of rotatable bonds is 5. The van der Waals surface area contributed by atoms with Gasteiger partial charge in [0.1, 0.15) is 17.1 Å². The third kappa shape index (κ3) is 4.53. The Balaban J connectivity index is 2.01. The van der Waals surface area contributed by atoms with Crippen LogP contribution in [0.2, 0.25) is 0 Å². The van der Waals surface area contributed by atoms with Gasteiger partial charge in [0.25, 0.3) is 11.5 Å². The van der Waals surface area contributed by atoms with E-state index in [1.54, 1.807) is 6.92 Å². The first kappa shape index (κ1) is 20.7. The second-order valence-corrected chi connectivity index (χ2v) is 6.39. The zero-order valence-electron chi connectivity index (χ0n) is 15.5. The highest BCUT2D eigenvalue weighted by Gasteiger charge is 2.31. The monoisotopic (exact) mass is 412 g/mol. The van der Waals surface area contributed by atoms with Crippen molar-refractivity contribution in [3.05, 3.63) is 57.0 Å². The summed E-state index contributed by atoms with van der Waals surface area (Å²) in [5.41, 5.74) is 0.359. The zero-order chi connectivity index (χ0) is 21.2. The SMILES string of the molecule is CCNC(=O)c1c(O)c2c(n(Cc3ccc(OC(F)(F)F)cc3)c1=O)CCOC2. The predicted octanol–water partition coefficient (Wildman–Crippen LogP) is 2.32. The lowest BCUT2D eigenvalue weighted by atomic mass is 10.0. The Hall–Kier alpha value is -3.01. The van der Waals surface area contributed by atoms with Gasteiger partial charge in [0.2, 0.25) is 0 Å². The number of aromatic hydroxyl groups is 1. The van der Waals surface area contributed by atoms with Crippen LogP contribution < -0.4 is 15.6 Å². The minimum atomic E-state index is -4.80. The van der Waals surface area contributed by atoms with Crippen LogP contribution in [0.5, 0.6) is 11.5 Å². The Morgan fingerprint density at radius 2 is 2.00 bits per heavy atom. The average Bonchev–Trinajstić information content (AvgIpc) is 2.65. The van der Waals surface area contributed by atoms with Crippen LogP contribution in [0.15, 0.2) is 29.1 Å². The number of carbonyl (C=O) groups is 1. The second-order valence-electron chi connectivity index (χ2n) is 6.39. The number of nitrogens with one attached hydrogen (secondary N) is 1. The summed E-state index contributed by atoms with van der Waals surface area (Å²) >= 11 is 0. The van der Waals surface area contributed by atoms with Crippen LogP contribution in [-0.2, 0) is 24.3 Å². The molecule has 1 aliphatic rings. The number of hydrogen-bond acceptors (Lipinski definition) is 5. The van der Waals surface area contributed by atoms with Crippen molar-refractivity contribution in [1.82, 2.24) is 9.88 Å². The van der Waals surface area contributed by atoms with Gasteiger partial charge in [-0.25, -0.2) is 0 Å². The normalized spacial score (nSPS) is 13.7. The van der Waals surface area contributed by atoms with Gasteiger partial charge in [-0.15, -0.1) is 13.2 Å². The summed E-state index contributed by atoms with van der Waals surface area (Å²) < 4.78 is 47.5. The van der Waals surface area contributed by atoms with Crippen LogP contribution in [0.4, 0.5) is 13.2 Å². The molecule has 1 aromatic carbocycles. The average molecular weight is 412 g/mol. The molecular formula is C19H19F3N2O5. The fourth-order valence-corrected chi connectivity index (χ4v) is 3.19. The van der Waals surface area contributed by atoms with Gasteiger partial charge in [0, 0.05) is 24.2 Å². The van der Waals surface area contributed by atoms with Crippen LogP contribution in [0.3, 0.4) is 0 Å². The van der Waals surface area contributed by atoms with E-state index in [4.69, 9.17) is 4.74 Å². The molecule has 3 rings (SSSR count). The summed E-state index contributed by atoms with van der Waals surface area (Å²) in [5, 5.41) is 13.0. The van der Waals surface area contributed by atoms with Crippen LogP contribution in [0.1, 0.15) is 34.1 Å². The van der Waals surface area contributed by atoms with Crippen molar-refractivity contribution in [2.24, 2.45) is 0 Å². The molecule has 7 nitrogen and oxygen atoms in total. The van der Waals surface area contributed by atoms with E-state index in [2.05, 4.69) is 10.1 Å². The summed E-state index contributed by atoms with van der Waals surface area (Å²) in [7, 11) is 0. The molecule has 0 spiro atoms. The highest BCUT2D eigenvalue weighted by atomic mass is 19.4. The molecule has 1 amide bonds. The molecule has 0 saturated heterocycles. The van der Waals surface area contributed by atoms with Crippen molar-refractivity contribution < 1.29 is 32.5 Å². The van der Waals surface area contributed by atoms with E-state index in [0.29, 0.717) is 29.8 Å². The molecule has 2 heterocycles. The van der Waals surface area contributed by atoms with E-state index in [0.717, 1.165) is 12.1 Å². The number of amides is 1. The van der Waals surface area contributed by atoms with Crippen molar-refractivity contribution in [2.45, 2.75) is 32.9 Å². The fraction of sp³-hybridized carbons (Fsp3) is 0.368. The number of carbonyl (C=O) groups excluding carboxylic acids is 1. The highest BCUT2D eigenvalue weighted by Crippen LogP contribution is 2.28. The van der Waals surface area contributed by atoms with Gasteiger partial charge in [-0.1, -0.05) is 12.1 Å². The quantitative estimate of drug-likeness (QED) is 0.787. The molecule has 1 aliphatic heterocycles. The molecule has 0 radical (unpaired) electrons. The maximum absolute atomic E-state index is 13.0. The number of fused-ring (bicyclic) bond motifs is 1. The summed E-state index contributed by atoms with van der Waals surface area (Å²) in [4.78, 5) is 25.3. The maximum atomic E-state index is 13.0. The number of benzene rings is 1. The summed E-state index contributed by atoms with van der Waals surface area (Å²) in [5.74, 6) is -1.48. The summed E-state index contributed by atoms with van der Waals surface area (Å²) in [6.07, 6.45) is -4.45. The second kappa shape index (κ2) is 8.16. The van der Waals surface area contributed by atoms with Gasteiger partial charge < -0.3 is 24.5 Å². The van der Waals surface area contributed by atoms with E-state index in [-0.39, 0.29) is 31.0 Å². The lowest BCUT2D eigenvalue weighted by molar-refractivity contribution is -0.274. The van der Waals surface area contributed by atoms with Gasteiger partial charge in [-0.05, 0) is 24.6 Å². The summed E-state index contributed by atoms with van der Waals surface area (Å²) in [6.45, 7) is 2.35. The molecule has 29 heavy (non-hydrogen) atoms. The first-order valence-electron chi connectivity index (χ1n) is 8.89. The largest absolute Gasteiger partial charge is 0.573 e. The van der Waals surface area contributed by atoms with Crippen LogP contribution >= 0.6 is 0 Å². The first-order chi connectivity index (χ1) is 13.7. The third-order valence-electron chi connectivity index (χ3n) is 4.45. The Labute approximate surface area is 163 Å². The lowest BCUT2D eigenvalue weighted by Gasteiger charge is -2.24. The number of nitrogens with zero attached hydrogens (tertiary/aromatic N) is 1. The van der Waals surface area contributed by atoms with Gasteiger partial charge >= 0.3 is 6.36 Å². The number of aromatic nitrogens is 1. The highest BCUT2D eigenvalue weighted by molar-refractivity contribution is 5.97. The van der Waals surface area contributed by atoms with E-state index < -0.39 is 23.6 Å². The lowest BCUT2D eigenvalue weighted by Crippen LogP contribution is -2.37. The zero-order valence-corrected chi connectivity index (χ0v) is 15.5. The van der Waals surface area contributed by atoms with Crippen molar-refractivity contribution in [1.29, 1.82) is 0 Å². The summed E-state index contributed by atoms with van der Waals surface area (Å²) in [6, 6.07) is 5.10. The van der Waals surface area contributed by atoms with E-state index >= 15 is 0 Å². The van der Waals surface area contributed by atoms with Gasteiger partial charge in [0.05, 0.1) is 19.8 Å². The molecule has 156 valence electrons. The van der Waals surface area contributed by atoms with Crippen molar-refractivity contribution in [3.8, 4) is 11.5 Å². The Morgan fingerprint density at radius 3 is 2.62 bits per heavy atom. The van der Waals surface area contributed by atoms with Gasteiger partial charge in [-0.3, -0.25) is 9.59 Å². The van der Waals surface area contributed by atoms with Crippen LogP contribution in [0, 0.1) is 0 Å². The number of hydrogen-bond donors (Lipinski definition) is 2. The molecule has 0 aliphatic carbocycles. The molecule has 1 aromatic heterocycles. The molecular weight excluding hydrogens is 393 g/mol. The van der Waals surface area contributed by atoms with E-state index in [1.165, 1.54) is 16.7 Å². The van der Waals surface area contributed by atoms with E-state index in [1.807, 2.05) is 0 Å². The number of halogens is 3. The number of alkyl halides is 3. The van der Waals surface area contributed by atoms with E-state index in [9.17, 15) is 27.9 Å².